The van der Waals surface area contributed by atoms with Gasteiger partial charge in [0.1, 0.15) is 12.0 Å². The highest BCUT2D eigenvalue weighted by atomic mass is 32.2. The van der Waals surface area contributed by atoms with Crippen LogP contribution >= 0.6 is 11.8 Å². The van der Waals surface area contributed by atoms with Gasteiger partial charge in [-0.25, -0.2) is 4.79 Å². The SMILES string of the molecule is C=CCC=C1C(=O)N2[C@@H](C(=O)OC(c3ccccc3)c3ccccc3)C(COC(C)=O)=CS[C@H]12. The number of hydrogen-bond donors (Lipinski definition) is 0. The number of esters is 2. The number of fused-ring (bicyclic) bond motifs is 1. The summed E-state index contributed by atoms with van der Waals surface area (Å²) in [7, 11) is 0. The smallest absolute Gasteiger partial charge is 0.334 e. The topological polar surface area (TPSA) is 72.9 Å². The lowest BCUT2D eigenvalue weighted by Gasteiger charge is -2.48. The van der Waals surface area contributed by atoms with E-state index in [1.165, 1.54) is 23.6 Å². The Morgan fingerprint density at radius 3 is 2.26 bits per heavy atom. The molecule has 6 nitrogen and oxygen atoms in total. The first kappa shape index (κ1) is 23.6. The number of benzene rings is 2. The van der Waals surface area contributed by atoms with Crippen LogP contribution in [0.25, 0.3) is 0 Å². The summed E-state index contributed by atoms with van der Waals surface area (Å²) in [6.07, 6.45) is 3.46. The van der Waals surface area contributed by atoms with Gasteiger partial charge in [-0.15, -0.1) is 18.3 Å². The number of carbonyl (C=O) groups is 3. The van der Waals surface area contributed by atoms with Gasteiger partial charge in [-0.1, -0.05) is 72.8 Å². The third-order valence-electron chi connectivity index (χ3n) is 5.59. The van der Waals surface area contributed by atoms with E-state index in [4.69, 9.17) is 9.47 Å². The van der Waals surface area contributed by atoms with Gasteiger partial charge in [0.25, 0.3) is 5.91 Å². The molecule has 2 aromatic rings. The monoisotopic (exact) mass is 475 g/mol. The first-order chi connectivity index (χ1) is 16.5. The minimum Gasteiger partial charge on any atom is -0.461 e. The Hall–Kier alpha value is -3.58. The Bertz CT molecular complexity index is 1100. The second-order valence-corrected chi connectivity index (χ2v) is 8.85. The van der Waals surface area contributed by atoms with E-state index in [1.807, 2.05) is 66.7 Å². The molecule has 0 bridgehead atoms. The fourth-order valence-electron chi connectivity index (χ4n) is 3.96. The molecule has 0 unspecified atom stereocenters. The van der Waals surface area contributed by atoms with Crippen LogP contribution in [0.3, 0.4) is 0 Å². The van der Waals surface area contributed by atoms with Crippen molar-refractivity contribution in [3.8, 4) is 0 Å². The third-order valence-corrected chi connectivity index (χ3v) is 6.76. The summed E-state index contributed by atoms with van der Waals surface area (Å²) in [4.78, 5) is 39.6. The van der Waals surface area contributed by atoms with Crippen molar-refractivity contribution in [2.45, 2.75) is 30.9 Å². The predicted molar refractivity (Wildman–Crippen MR) is 130 cm³/mol. The Kier molecular flexibility index (Phi) is 7.33. The molecule has 0 spiro atoms. The predicted octanol–water partition coefficient (Wildman–Crippen LogP) is 4.55. The van der Waals surface area contributed by atoms with Crippen molar-refractivity contribution in [3.05, 3.63) is 107 Å². The molecule has 34 heavy (non-hydrogen) atoms. The van der Waals surface area contributed by atoms with Gasteiger partial charge in [0.15, 0.2) is 12.1 Å². The first-order valence-corrected chi connectivity index (χ1v) is 11.9. The summed E-state index contributed by atoms with van der Waals surface area (Å²) in [6.45, 7) is 4.91. The van der Waals surface area contributed by atoms with Crippen LogP contribution in [0, 0.1) is 0 Å². The number of nitrogens with zero attached hydrogens (tertiary/aromatic N) is 1. The number of thioether (sulfide) groups is 1. The minimum absolute atomic E-state index is 0.0916. The van der Waals surface area contributed by atoms with Crippen molar-refractivity contribution in [3.63, 3.8) is 0 Å². The summed E-state index contributed by atoms with van der Waals surface area (Å²) in [5.41, 5.74) is 2.78. The number of ether oxygens (including phenoxy) is 2. The number of β-lactam (4-membered cyclic amide) rings is 1. The largest absolute Gasteiger partial charge is 0.461 e. The maximum absolute atomic E-state index is 13.6. The summed E-state index contributed by atoms with van der Waals surface area (Å²) < 4.78 is 11.2. The van der Waals surface area contributed by atoms with Crippen molar-refractivity contribution in [2.24, 2.45) is 0 Å². The van der Waals surface area contributed by atoms with Gasteiger partial charge in [0.2, 0.25) is 0 Å². The summed E-state index contributed by atoms with van der Waals surface area (Å²) in [5, 5.41) is 1.50. The fourth-order valence-corrected chi connectivity index (χ4v) is 5.15. The van der Waals surface area contributed by atoms with Crippen LogP contribution in [-0.4, -0.2) is 40.8 Å². The molecule has 7 heteroatoms. The molecule has 2 aromatic carbocycles. The molecule has 2 heterocycles. The molecule has 1 fully saturated rings. The average molecular weight is 476 g/mol. The van der Waals surface area contributed by atoms with Crippen molar-refractivity contribution in [1.29, 1.82) is 0 Å². The summed E-state index contributed by atoms with van der Waals surface area (Å²) >= 11 is 1.41. The minimum atomic E-state index is -0.978. The molecule has 4 rings (SSSR count). The van der Waals surface area contributed by atoms with E-state index in [0.717, 1.165) is 11.1 Å². The highest BCUT2D eigenvalue weighted by molar-refractivity contribution is 8.03. The van der Waals surface area contributed by atoms with Gasteiger partial charge < -0.3 is 14.4 Å². The molecule has 0 N–H and O–H groups in total. The van der Waals surface area contributed by atoms with Gasteiger partial charge in [-0.2, -0.15) is 0 Å². The fraction of sp³-hybridized carbons (Fsp3) is 0.222. The molecule has 2 atom stereocenters. The second kappa shape index (κ2) is 10.6. The number of amides is 1. The molecular formula is C27H25NO5S. The lowest BCUT2D eigenvalue weighted by Crippen LogP contribution is -2.62. The molecule has 0 aromatic heterocycles. The van der Waals surface area contributed by atoms with E-state index in [1.54, 1.807) is 11.5 Å². The van der Waals surface area contributed by atoms with E-state index < -0.39 is 24.1 Å². The van der Waals surface area contributed by atoms with Crippen molar-refractivity contribution >= 4 is 29.6 Å². The van der Waals surface area contributed by atoms with E-state index in [2.05, 4.69) is 6.58 Å². The van der Waals surface area contributed by atoms with Crippen LogP contribution in [0.15, 0.2) is 95.9 Å². The van der Waals surface area contributed by atoms with Crippen LogP contribution in [0.5, 0.6) is 0 Å². The Labute approximate surface area is 202 Å². The van der Waals surface area contributed by atoms with Gasteiger partial charge in [0, 0.05) is 18.1 Å². The maximum atomic E-state index is 13.6. The highest BCUT2D eigenvalue weighted by Crippen LogP contribution is 2.44. The number of allylic oxidation sites excluding steroid dienone is 2. The normalized spacial score (nSPS) is 20.3. The quantitative estimate of drug-likeness (QED) is 0.241. The summed E-state index contributed by atoms with van der Waals surface area (Å²) in [5.74, 6) is -1.27. The van der Waals surface area contributed by atoms with E-state index in [9.17, 15) is 14.4 Å². The highest BCUT2D eigenvalue weighted by Gasteiger charge is 2.52. The van der Waals surface area contributed by atoms with Crippen molar-refractivity contribution in [2.75, 3.05) is 6.61 Å². The standard InChI is InChI=1S/C27H25NO5S/c1-3-4-15-22-25(30)28-23(21(16-32-18(2)29)17-34-26(22)28)27(31)33-24(19-11-7-5-8-12-19)20-13-9-6-10-14-20/h3,5-15,17,23-24,26H,1,4,16H2,2H3/t23-,26-/m1/s1. The van der Waals surface area contributed by atoms with Crippen LogP contribution in [0.2, 0.25) is 0 Å². The zero-order chi connectivity index (χ0) is 24.1. The Morgan fingerprint density at radius 1 is 1.09 bits per heavy atom. The molecule has 0 aliphatic carbocycles. The zero-order valence-electron chi connectivity index (χ0n) is 18.8. The van der Waals surface area contributed by atoms with E-state index in [-0.39, 0.29) is 17.9 Å². The number of carbonyl (C=O) groups excluding carboxylic acids is 3. The van der Waals surface area contributed by atoms with E-state index in [0.29, 0.717) is 17.6 Å². The summed E-state index contributed by atoms with van der Waals surface area (Å²) in [6, 6.07) is 17.9. The maximum Gasteiger partial charge on any atom is 0.334 e. The van der Waals surface area contributed by atoms with Crippen LogP contribution < -0.4 is 0 Å². The van der Waals surface area contributed by atoms with Crippen molar-refractivity contribution in [1.82, 2.24) is 4.90 Å². The lowest BCUT2D eigenvalue weighted by atomic mass is 9.96. The second-order valence-electron chi connectivity index (χ2n) is 7.90. The number of rotatable bonds is 8. The van der Waals surface area contributed by atoms with Crippen molar-refractivity contribution < 1.29 is 23.9 Å². The Morgan fingerprint density at radius 2 is 1.71 bits per heavy atom. The first-order valence-electron chi connectivity index (χ1n) is 10.9. The molecule has 174 valence electrons. The van der Waals surface area contributed by atoms with Crippen LogP contribution in [0.1, 0.15) is 30.6 Å². The van der Waals surface area contributed by atoms with Gasteiger partial charge in [0.05, 0.1) is 0 Å². The Balaban J connectivity index is 1.65. The third kappa shape index (κ3) is 4.84. The number of hydrogen-bond acceptors (Lipinski definition) is 6. The van der Waals surface area contributed by atoms with Gasteiger partial charge in [-0.3, -0.25) is 9.59 Å². The average Bonchev–Trinajstić information content (AvgIpc) is 2.86. The van der Waals surface area contributed by atoms with E-state index >= 15 is 0 Å². The van der Waals surface area contributed by atoms with Crippen LogP contribution in [0.4, 0.5) is 0 Å². The lowest BCUT2D eigenvalue weighted by molar-refractivity contribution is -0.159. The van der Waals surface area contributed by atoms with Crippen LogP contribution in [-0.2, 0) is 23.9 Å². The molecule has 1 amide bonds. The molecule has 2 aliphatic rings. The molecule has 1 saturated heterocycles. The van der Waals surface area contributed by atoms with Gasteiger partial charge in [-0.05, 0) is 23.0 Å². The molecule has 2 aliphatic heterocycles. The molecular weight excluding hydrogens is 450 g/mol. The van der Waals surface area contributed by atoms with Gasteiger partial charge >= 0.3 is 11.9 Å². The zero-order valence-corrected chi connectivity index (χ0v) is 19.6. The molecule has 0 saturated carbocycles. The molecule has 0 radical (unpaired) electrons.